The molecule has 2 N–H and O–H groups in total. The number of benzene rings is 4. The molecule has 2 aromatic heterocycles. The molecule has 4 aromatic carbocycles. The van der Waals surface area contributed by atoms with E-state index >= 15 is 0 Å². The second-order valence-electron chi connectivity index (χ2n) is 12.1. The van der Waals surface area contributed by atoms with Gasteiger partial charge in [-0.1, -0.05) is 87.4 Å². The van der Waals surface area contributed by atoms with Crippen LogP contribution in [-0.2, 0) is 12.8 Å². The number of para-hydroxylation sites is 2. The molecule has 0 saturated heterocycles. The normalized spacial score (nSPS) is 11.3. The molecule has 6 aromatic rings. The van der Waals surface area contributed by atoms with Crippen LogP contribution in [0.4, 0.5) is 34.4 Å². The number of nitrogens with zero attached hydrogens (tertiary/aromatic N) is 6. The summed E-state index contributed by atoms with van der Waals surface area (Å²) in [5.74, 6) is 1.49. The van der Waals surface area contributed by atoms with Gasteiger partial charge in [-0.15, -0.1) is 10.2 Å². The van der Waals surface area contributed by atoms with Gasteiger partial charge < -0.3 is 10.6 Å². The lowest BCUT2D eigenvalue weighted by molar-refractivity contribution is 0.795. The Balaban J connectivity index is 1.39. The first-order chi connectivity index (χ1) is 23.5. The van der Waals surface area contributed by atoms with Crippen LogP contribution < -0.4 is 10.6 Å². The quantitative estimate of drug-likeness (QED) is 0.117. The molecule has 0 bridgehead atoms. The summed E-state index contributed by atoms with van der Waals surface area (Å²) >= 11 is 0. The predicted molar refractivity (Wildman–Crippen MR) is 197 cm³/mol. The lowest BCUT2D eigenvalue weighted by Gasteiger charge is -2.12. The van der Waals surface area contributed by atoms with Crippen molar-refractivity contribution in [3.63, 3.8) is 0 Å². The average molecular weight is 637 g/mol. The summed E-state index contributed by atoms with van der Waals surface area (Å²) < 4.78 is 3.79. The molecule has 0 spiro atoms. The van der Waals surface area contributed by atoms with E-state index in [-0.39, 0.29) is 0 Å². The smallest absolute Gasteiger partial charge is 0.162 e. The number of unbranched alkanes of at least 4 members (excludes halogenated alkanes) is 2. The monoisotopic (exact) mass is 636 g/mol. The Morgan fingerprint density at radius 1 is 0.521 bits per heavy atom. The van der Waals surface area contributed by atoms with E-state index in [1.165, 1.54) is 36.8 Å². The highest BCUT2D eigenvalue weighted by molar-refractivity contribution is 5.75. The summed E-state index contributed by atoms with van der Waals surface area (Å²) in [5, 5.41) is 26.8. The van der Waals surface area contributed by atoms with E-state index in [1.54, 1.807) is 0 Å². The van der Waals surface area contributed by atoms with Gasteiger partial charge in [-0.3, -0.25) is 0 Å². The molecule has 8 nitrogen and oxygen atoms in total. The van der Waals surface area contributed by atoms with Crippen LogP contribution in [0, 0.1) is 13.8 Å². The summed E-state index contributed by atoms with van der Waals surface area (Å²) in [6.07, 6.45) is 6.86. The van der Waals surface area contributed by atoms with Crippen LogP contribution in [0.2, 0.25) is 0 Å². The Labute approximate surface area is 283 Å². The van der Waals surface area contributed by atoms with Crippen LogP contribution >= 0.6 is 0 Å². The summed E-state index contributed by atoms with van der Waals surface area (Å²) in [4.78, 5) is 0. The number of hydrogen-bond donors (Lipinski definition) is 2. The van der Waals surface area contributed by atoms with E-state index in [0.29, 0.717) is 11.4 Å². The fourth-order valence-electron chi connectivity index (χ4n) is 5.66. The van der Waals surface area contributed by atoms with Crippen molar-refractivity contribution in [2.45, 2.75) is 66.2 Å². The van der Waals surface area contributed by atoms with E-state index < -0.39 is 0 Å². The van der Waals surface area contributed by atoms with Gasteiger partial charge in [0.15, 0.2) is 23.0 Å². The Morgan fingerprint density at radius 2 is 0.896 bits per heavy atom. The first-order valence-electron chi connectivity index (χ1n) is 17.0. The van der Waals surface area contributed by atoms with Gasteiger partial charge >= 0.3 is 0 Å². The maximum atomic E-state index is 4.91. The highest BCUT2D eigenvalue weighted by Gasteiger charge is 2.20. The van der Waals surface area contributed by atoms with E-state index in [9.17, 15) is 0 Å². The Bertz CT molecular complexity index is 1790. The van der Waals surface area contributed by atoms with E-state index in [2.05, 4.69) is 73.0 Å². The van der Waals surface area contributed by atoms with Gasteiger partial charge in [0.2, 0.25) is 0 Å². The largest absolute Gasteiger partial charge is 0.338 e. The Hall–Kier alpha value is -5.50. The number of nitrogens with one attached hydrogen (secondary N) is 2. The average Bonchev–Trinajstić information content (AvgIpc) is 3.61. The maximum absolute atomic E-state index is 4.91. The van der Waals surface area contributed by atoms with Gasteiger partial charge in [0, 0.05) is 11.4 Å². The summed E-state index contributed by atoms with van der Waals surface area (Å²) in [7, 11) is 0. The third kappa shape index (κ3) is 7.55. The number of aryl methyl sites for hydroxylation is 4. The molecule has 244 valence electrons. The topological polar surface area (TPSA) is 84.4 Å². The van der Waals surface area contributed by atoms with Crippen molar-refractivity contribution in [2.75, 3.05) is 10.6 Å². The molecule has 0 radical (unpaired) electrons. The lowest BCUT2D eigenvalue weighted by Crippen LogP contribution is -2.03. The second-order valence-corrected chi connectivity index (χ2v) is 12.1. The minimum Gasteiger partial charge on any atom is -0.338 e. The zero-order chi connectivity index (χ0) is 33.3. The minimum absolute atomic E-state index is 0.659. The minimum atomic E-state index is 0.659. The molecule has 0 saturated carbocycles. The van der Waals surface area contributed by atoms with Gasteiger partial charge in [0.05, 0.1) is 22.8 Å². The predicted octanol–water partition coefficient (Wildman–Crippen LogP) is 11.3. The van der Waals surface area contributed by atoms with Gasteiger partial charge in [0.1, 0.15) is 0 Å². The van der Waals surface area contributed by atoms with Crippen molar-refractivity contribution in [3.8, 4) is 11.4 Å². The van der Waals surface area contributed by atoms with Crippen LogP contribution in [0.15, 0.2) is 119 Å². The summed E-state index contributed by atoms with van der Waals surface area (Å²) in [6.45, 7) is 8.37. The molecule has 0 aliphatic rings. The zero-order valence-corrected chi connectivity index (χ0v) is 28.3. The molecule has 6 rings (SSSR count). The van der Waals surface area contributed by atoms with E-state index in [0.717, 1.165) is 58.6 Å². The Morgan fingerprint density at radius 3 is 1.25 bits per heavy atom. The van der Waals surface area contributed by atoms with Crippen molar-refractivity contribution in [2.24, 2.45) is 10.2 Å². The second kappa shape index (κ2) is 15.4. The SMILES string of the molecule is CCCCc1ccc(Nc2c(N=Nc3c(C)nn(-c4ccccc4)c3Nc3ccc(CCCC)cc3)c(C)nn2-c2ccccc2)cc1. The molecule has 0 aliphatic heterocycles. The number of azo groups is 1. The zero-order valence-electron chi connectivity index (χ0n) is 28.3. The number of anilines is 4. The van der Waals surface area contributed by atoms with Crippen LogP contribution in [0.25, 0.3) is 11.4 Å². The number of rotatable bonds is 14. The molecule has 48 heavy (non-hydrogen) atoms. The molecular weight excluding hydrogens is 592 g/mol. The Kier molecular flexibility index (Phi) is 10.4. The van der Waals surface area contributed by atoms with Gasteiger partial charge in [-0.05, 0) is 99.2 Å². The van der Waals surface area contributed by atoms with E-state index in [4.69, 9.17) is 20.4 Å². The van der Waals surface area contributed by atoms with Crippen molar-refractivity contribution < 1.29 is 0 Å². The van der Waals surface area contributed by atoms with Crippen LogP contribution in [-0.4, -0.2) is 19.6 Å². The fourth-order valence-corrected chi connectivity index (χ4v) is 5.66. The highest BCUT2D eigenvalue weighted by Crippen LogP contribution is 2.39. The molecule has 0 amide bonds. The van der Waals surface area contributed by atoms with Gasteiger partial charge in [-0.2, -0.15) is 10.2 Å². The molecule has 0 aliphatic carbocycles. The van der Waals surface area contributed by atoms with Crippen LogP contribution in [0.3, 0.4) is 0 Å². The molecule has 0 atom stereocenters. The van der Waals surface area contributed by atoms with Crippen LogP contribution in [0.5, 0.6) is 0 Å². The fraction of sp³-hybridized carbons (Fsp3) is 0.250. The first kappa shape index (κ1) is 32.4. The van der Waals surface area contributed by atoms with Crippen molar-refractivity contribution >= 4 is 34.4 Å². The molecule has 0 fully saturated rings. The third-order valence-electron chi connectivity index (χ3n) is 8.38. The van der Waals surface area contributed by atoms with E-state index in [1.807, 2.05) is 83.9 Å². The number of hydrogen-bond acceptors (Lipinski definition) is 6. The highest BCUT2D eigenvalue weighted by atomic mass is 15.4. The van der Waals surface area contributed by atoms with Crippen molar-refractivity contribution in [3.05, 3.63) is 132 Å². The molecular formula is C40H44N8. The lowest BCUT2D eigenvalue weighted by atomic mass is 10.1. The third-order valence-corrected chi connectivity index (χ3v) is 8.38. The molecule has 2 heterocycles. The molecule has 8 heteroatoms. The first-order valence-corrected chi connectivity index (χ1v) is 17.0. The van der Waals surface area contributed by atoms with Crippen molar-refractivity contribution in [1.82, 2.24) is 19.6 Å². The number of aromatic nitrogens is 4. The van der Waals surface area contributed by atoms with Gasteiger partial charge in [0.25, 0.3) is 0 Å². The van der Waals surface area contributed by atoms with Crippen molar-refractivity contribution in [1.29, 1.82) is 0 Å². The van der Waals surface area contributed by atoms with Gasteiger partial charge in [-0.25, -0.2) is 9.36 Å². The maximum Gasteiger partial charge on any atom is 0.162 e. The standard InChI is InChI=1S/C40H44N8/c1-5-7-15-31-21-25-33(26-22-31)41-39-37(29(3)45-47(39)35-17-11-9-12-18-35)43-44-38-30(4)46-48(36-19-13-10-14-20-36)40(38)42-34-27-23-32(24-28-34)16-8-6-2/h9-14,17-28,41-42H,5-8,15-16H2,1-4H3. The van der Waals surface area contributed by atoms with Crippen LogP contribution in [0.1, 0.15) is 62.0 Å². The summed E-state index contributed by atoms with van der Waals surface area (Å²) in [6, 6.07) is 37.4. The molecule has 0 unspecified atom stereocenters. The summed E-state index contributed by atoms with van der Waals surface area (Å²) in [5.41, 5.74) is 9.28.